The van der Waals surface area contributed by atoms with Gasteiger partial charge in [-0.15, -0.1) is 8.78 Å². The molecule has 3 unspecified atom stereocenters. The van der Waals surface area contributed by atoms with E-state index in [9.17, 15) is 23.5 Å². The highest BCUT2D eigenvalue weighted by atomic mass is 19.3. The Morgan fingerprint density at radius 1 is 1.00 bits per heavy atom. The van der Waals surface area contributed by atoms with Crippen molar-refractivity contribution in [1.82, 2.24) is 10.6 Å². The molecule has 226 valence electrons. The summed E-state index contributed by atoms with van der Waals surface area (Å²) < 4.78 is 53.1. The van der Waals surface area contributed by atoms with Crippen LogP contribution in [0.5, 0.6) is 28.7 Å². The maximum atomic E-state index is 13.8. The number of methoxy groups -OCH3 is 2. The Hall–Kier alpha value is -4.58. The van der Waals surface area contributed by atoms with Crippen molar-refractivity contribution in [2.75, 3.05) is 20.8 Å². The summed E-state index contributed by atoms with van der Waals surface area (Å²) in [6.45, 7) is -0.382. The minimum atomic E-state index is -3.76. The maximum Gasteiger partial charge on any atom is 0.586 e. The smallest absolute Gasteiger partial charge is 0.497 e. The van der Waals surface area contributed by atoms with Gasteiger partial charge in [-0.3, -0.25) is 9.59 Å². The van der Waals surface area contributed by atoms with E-state index in [2.05, 4.69) is 20.1 Å². The number of alkyl halides is 2. The molecule has 6 rings (SSSR count). The average Bonchev–Trinajstić information content (AvgIpc) is 3.76. The number of hydrogen-bond donors (Lipinski definition) is 3. The molecule has 3 aromatic carbocycles. The number of carbonyl (C=O) groups excluding carboxylic acids is 2. The van der Waals surface area contributed by atoms with Gasteiger partial charge in [0, 0.05) is 23.6 Å². The van der Waals surface area contributed by atoms with E-state index in [0.29, 0.717) is 46.8 Å². The van der Waals surface area contributed by atoms with Crippen molar-refractivity contribution < 1.29 is 47.2 Å². The van der Waals surface area contributed by atoms with Crippen LogP contribution in [0.4, 0.5) is 8.78 Å². The molecule has 0 saturated heterocycles. The van der Waals surface area contributed by atoms with Gasteiger partial charge in [-0.1, -0.05) is 24.3 Å². The molecular formula is C31H30F2N2O8. The van der Waals surface area contributed by atoms with E-state index in [1.807, 2.05) is 0 Å². The zero-order valence-electron chi connectivity index (χ0n) is 23.4. The number of fused-ring (bicyclic) bond motifs is 2. The largest absolute Gasteiger partial charge is 0.586 e. The summed E-state index contributed by atoms with van der Waals surface area (Å²) in [5.74, 6) is 0.347. The van der Waals surface area contributed by atoms with Gasteiger partial charge in [0.1, 0.15) is 17.2 Å². The second-order valence-corrected chi connectivity index (χ2v) is 10.7. The summed E-state index contributed by atoms with van der Waals surface area (Å²) in [7, 11) is 3.01. The summed E-state index contributed by atoms with van der Waals surface area (Å²) in [6.07, 6.45) is -3.66. The van der Waals surface area contributed by atoms with Gasteiger partial charge < -0.3 is 39.4 Å². The molecule has 2 amide bonds. The van der Waals surface area contributed by atoms with E-state index in [0.717, 1.165) is 0 Å². The van der Waals surface area contributed by atoms with Gasteiger partial charge in [-0.25, -0.2) is 0 Å². The zero-order chi connectivity index (χ0) is 30.4. The van der Waals surface area contributed by atoms with Crippen molar-refractivity contribution in [3.05, 3.63) is 77.4 Å². The number of hydrogen-bond acceptors (Lipinski definition) is 8. The number of amides is 2. The molecule has 1 aliphatic carbocycles. The van der Waals surface area contributed by atoms with Crippen LogP contribution in [0, 0.1) is 0 Å². The first-order valence-electron chi connectivity index (χ1n) is 13.8. The molecule has 0 bridgehead atoms. The fourth-order valence-electron chi connectivity index (χ4n) is 5.63. The molecule has 2 heterocycles. The molecule has 12 heteroatoms. The number of aliphatic hydroxyl groups excluding tert-OH is 1. The minimum absolute atomic E-state index is 0.0968. The second kappa shape index (κ2) is 10.9. The Morgan fingerprint density at radius 3 is 2.49 bits per heavy atom. The highest BCUT2D eigenvalue weighted by Crippen LogP contribution is 2.52. The molecule has 0 spiro atoms. The van der Waals surface area contributed by atoms with Crippen molar-refractivity contribution in [3.63, 3.8) is 0 Å². The predicted molar refractivity (Wildman–Crippen MR) is 147 cm³/mol. The zero-order valence-corrected chi connectivity index (χ0v) is 23.4. The first kappa shape index (κ1) is 28.5. The van der Waals surface area contributed by atoms with Crippen LogP contribution in [-0.4, -0.2) is 50.1 Å². The molecule has 3 atom stereocenters. The number of rotatable bonds is 9. The van der Waals surface area contributed by atoms with Crippen LogP contribution in [0.2, 0.25) is 0 Å². The first-order chi connectivity index (χ1) is 20.7. The molecule has 3 N–H and O–H groups in total. The van der Waals surface area contributed by atoms with Gasteiger partial charge in [-0.2, -0.15) is 0 Å². The lowest BCUT2D eigenvalue weighted by molar-refractivity contribution is -0.286. The summed E-state index contributed by atoms with van der Waals surface area (Å²) in [4.78, 5) is 27.3. The number of ether oxygens (including phenoxy) is 5. The highest BCUT2D eigenvalue weighted by molar-refractivity contribution is 5.92. The summed E-state index contributed by atoms with van der Waals surface area (Å²) in [6, 6.07) is 15.2. The Morgan fingerprint density at radius 2 is 1.77 bits per heavy atom. The standard InChI is InChI=1S/C31H30F2N2O8/c1-39-18-8-9-20-21(35-29(38)30(11-12-30)17-7-10-24-26(13-17)43-31(32,33)42-24)15-27(41-25(20)14-18)28(37)34-22(16-36)19-5-3-4-6-23(19)40-2/h3-10,13-14,21-22,27,36H,11-12,15-16H2,1-2H3,(H,34,37)(H,35,38). The lowest BCUT2D eigenvalue weighted by Gasteiger charge is -2.34. The third kappa shape index (κ3) is 5.38. The number of para-hydroxylation sites is 1. The molecule has 43 heavy (non-hydrogen) atoms. The van der Waals surface area contributed by atoms with Gasteiger partial charge in [-0.05, 0) is 48.7 Å². The second-order valence-electron chi connectivity index (χ2n) is 10.7. The molecule has 2 aliphatic heterocycles. The number of benzene rings is 3. The Kier molecular flexibility index (Phi) is 7.25. The molecule has 10 nitrogen and oxygen atoms in total. The van der Waals surface area contributed by atoms with Crippen LogP contribution in [0.3, 0.4) is 0 Å². The van der Waals surface area contributed by atoms with E-state index >= 15 is 0 Å². The topological polar surface area (TPSA) is 125 Å². The van der Waals surface area contributed by atoms with Crippen molar-refractivity contribution in [1.29, 1.82) is 0 Å². The van der Waals surface area contributed by atoms with E-state index in [-0.39, 0.29) is 30.4 Å². The first-order valence-corrected chi connectivity index (χ1v) is 13.8. The van der Waals surface area contributed by atoms with Crippen molar-refractivity contribution in [2.24, 2.45) is 0 Å². The molecule has 1 saturated carbocycles. The third-order valence-electron chi connectivity index (χ3n) is 8.06. The van der Waals surface area contributed by atoms with Crippen molar-refractivity contribution in [3.8, 4) is 28.7 Å². The summed E-state index contributed by atoms with van der Waals surface area (Å²) in [5, 5.41) is 16.0. The SMILES string of the molecule is COc1ccc2c(c1)OC(C(=O)NC(CO)c1ccccc1OC)CC2NC(=O)C1(c2ccc3c(c2)OC(F)(F)O3)CC1. The summed E-state index contributed by atoms with van der Waals surface area (Å²) in [5.41, 5.74) is 0.845. The van der Waals surface area contributed by atoms with E-state index in [1.54, 1.807) is 48.5 Å². The number of aliphatic hydroxyl groups is 1. The van der Waals surface area contributed by atoms with Crippen LogP contribution in [0.1, 0.15) is 48.0 Å². The van der Waals surface area contributed by atoms with E-state index < -0.39 is 35.8 Å². The number of halogens is 2. The Bertz CT molecular complexity index is 1560. The van der Waals surface area contributed by atoms with Gasteiger partial charge in [0.05, 0.1) is 38.3 Å². The molecule has 1 fully saturated rings. The molecular weight excluding hydrogens is 566 g/mol. The van der Waals surface area contributed by atoms with Crippen molar-refractivity contribution >= 4 is 11.8 Å². The molecule has 0 aromatic heterocycles. The average molecular weight is 597 g/mol. The van der Waals surface area contributed by atoms with Crippen LogP contribution >= 0.6 is 0 Å². The molecule has 0 radical (unpaired) electrons. The lowest BCUT2D eigenvalue weighted by Crippen LogP contribution is -2.47. The lowest BCUT2D eigenvalue weighted by atomic mass is 9.91. The fourth-order valence-corrected chi connectivity index (χ4v) is 5.63. The van der Waals surface area contributed by atoms with E-state index in [4.69, 9.17) is 14.2 Å². The van der Waals surface area contributed by atoms with Crippen LogP contribution in [0.15, 0.2) is 60.7 Å². The molecule has 3 aliphatic rings. The fraction of sp³-hybridized carbons (Fsp3) is 0.355. The van der Waals surface area contributed by atoms with Crippen molar-refractivity contribution in [2.45, 2.75) is 49.2 Å². The van der Waals surface area contributed by atoms with E-state index in [1.165, 1.54) is 26.4 Å². The quantitative estimate of drug-likeness (QED) is 0.340. The maximum absolute atomic E-state index is 13.8. The van der Waals surface area contributed by atoms with Gasteiger partial charge in [0.15, 0.2) is 17.6 Å². The highest BCUT2D eigenvalue weighted by Gasteiger charge is 2.53. The van der Waals surface area contributed by atoms with Crippen LogP contribution in [-0.2, 0) is 15.0 Å². The number of nitrogens with one attached hydrogen (secondary N) is 2. The Balaban J connectivity index is 1.24. The normalized spacial score (nSPS) is 21.0. The van der Waals surface area contributed by atoms with Gasteiger partial charge in [0.25, 0.3) is 5.91 Å². The monoisotopic (exact) mass is 596 g/mol. The number of carbonyl (C=O) groups is 2. The third-order valence-corrected chi connectivity index (χ3v) is 8.06. The minimum Gasteiger partial charge on any atom is -0.497 e. The van der Waals surface area contributed by atoms with Gasteiger partial charge in [0.2, 0.25) is 5.91 Å². The predicted octanol–water partition coefficient (Wildman–Crippen LogP) is 3.92. The Labute approximate surface area is 245 Å². The molecule has 3 aromatic rings. The van der Waals surface area contributed by atoms with Gasteiger partial charge >= 0.3 is 6.29 Å². The van der Waals surface area contributed by atoms with Crippen LogP contribution < -0.4 is 34.3 Å². The van der Waals surface area contributed by atoms with Crippen LogP contribution in [0.25, 0.3) is 0 Å². The summed E-state index contributed by atoms with van der Waals surface area (Å²) >= 11 is 0.